The summed E-state index contributed by atoms with van der Waals surface area (Å²) < 4.78 is 4.17. The van der Waals surface area contributed by atoms with Crippen LogP contribution < -0.4 is 10.2 Å². The summed E-state index contributed by atoms with van der Waals surface area (Å²) in [6.45, 7) is 4.47. The maximum Gasteiger partial charge on any atom is 0.322 e. The molecule has 0 spiro atoms. The Labute approximate surface area is 228 Å². The average molecular weight is 517 g/mol. The Morgan fingerprint density at radius 2 is 1.62 bits per heavy atom. The summed E-state index contributed by atoms with van der Waals surface area (Å²) in [6, 6.07) is 30.2. The van der Waals surface area contributed by atoms with E-state index in [0.717, 1.165) is 51.0 Å². The molecule has 7 heteroatoms. The van der Waals surface area contributed by atoms with Gasteiger partial charge in [0, 0.05) is 37.2 Å². The van der Waals surface area contributed by atoms with E-state index in [1.165, 1.54) is 0 Å². The van der Waals surface area contributed by atoms with Gasteiger partial charge in [-0.1, -0.05) is 48.0 Å². The number of carbonyl (C=O) groups is 1. The van der Waals surface area contributed by atoms with E-state index in [-0.39, 0.29) is 12.1 Å². The van der Waals surface area contributed by atoms with Crippen LogP contribution in [0.1, 0.15) is 34.1 Å². The van der Waals surface area contributed by atoms with Crippen LogP contribution in [0.25, 0.3) is 11.5 Å². The standard InChI is InChI=1S/C32H32N6O/c1-22-12-16-25(17-13-22)33-32(39)37-21-28-23(2)34-38(27-9-6-5-7-10-27)31(28)36-20-8-11-29(36)30(37)24-14-18-26(19-15-24)35(3)4/h5-20,30H,21H2,1-4H3,(H,33,39)/t30-/m1/s1. The first-order valence-corrected chi connectivity index (χ1v) is 13.1. The number of urea groups is 1. The van der Waals surface area contributed by atoms with E-state index < -0.39 is 0 Å². The van der Waals surface area contributed by atoms with Crippen LogP contribution in [-0.2, 0) is 6.54 Å². The van der Waals surface area contributed by atoms with E-state index in [0.29, 0.717) is 6.54 Å². The number of nitrogens with one attached hydrogen (secondary N) is 1. The molecule has 0 fully saturated rings. The Kier molecular flexibility index (Phi) is 6.19. The molecule has 5 aromatic rings. The number of hydrogen-bond donors (Lipinski definition) is 1. The van der Waals surface area contributed by atoms with Crippen molar-refractivity contribution in [2.75, 3.05) is 24.3 Å². The fraction of sp³-hybridized carbons (Fsp3) is 0.188. The Balaban J connectivity index is 1.52. The number of fused-ring (bicyclic) bond motifs is 3. The van der Waals surface area contributed by atoms with Gasteiger partial charge in [0.2, 0.25) is 0 Å². The second kappa shape index (κ2) is 9.83. The van der Waals surface area contributed by atoms with Crippen molar-refractivity contribution >= 4 is 17.4 Å². The van der Waals surface area contributed by atoms with Gasteiger partial charge in [0.05, 0.1) is 29.7 Å². The number of nitrogens with zero attached hydrogens (tertiary/aromatic N) is 5. The lowest BCUT2D eigenvalue weighted by molar-refractivity contribution is 0.194. The van der Waals surface area contributed by atoms with Crippen LogP contribution in [-0.4, -0.2) is 39.4 Å². The highest BCUT2D eigenvalue weighted by molar-refractivity contribution is 5.90. The Morgan fingerprint density at radius 3 is 2.31 bits per heavy atom. The normalized spacial score (nSPS) is 14.4. The van der Waals surface area contributed by atoms with Crippen molar-refractivity contribution in [2.24, 2.45) is 0 Å². The summed E-state index contributed by atoms with van der Waals surface area (Å²) >= 11 is 0. The molecule has 39 heavy (non-hydrogen) atoms. The molecule has 6 rings (SSSR count). The second-order valence-corrected chi connectivity index (χ2v) is 10.3. The van der Waals surface area contributed by atoms with Gasteiger partial charge in [-0.05, 0) is 67.9 Å². The Morgan fingerprint density at radius 1 is 0.897 bits per heavy atom. The molecule has 2 amide bonds. The lowest BCUT2D eigenvalue weighted by Crippen LogP contribution is -2.38. The van der Waals surface area contributed by atoms with Crippen molar-refractivity contribution < 1.29 is 4.79 Å². The summed E-state index contributed by atoms with van der Waals surface area (Å²) in [7, 11) is 4.06. The zero-order valence-corrected chi connectivity index (χ0v) is 22.7. The van der Waals surface area contributed by atoms with Crippen LogP contribution in [0.5, 0.6) is 0 Å². The predicted molar refractivity (Wildman–Crippen MR) is 156 cm³/mol. The van der Waals surface area contributed by atoms with Crippen LogP contribution >= 0.6 is 0 Å². The molecule has 2 aromatic heterocycles. The van der Waals surface area contributed by atoms with Crippen molar-refractivity contribution in [3.05, 3.63) is 125 Å². The van der Waals surface area contributed by atoms with Gasteiger partial charge in [-0.15, -0.1) is 0 Å². The number of anilines is 2. The topological polar surface area (TPSA) is 58.3 Å². The van der Waals surface area contributed by atoms with Gasteiger partial charge in [-0.2, -0.15) is 5.10 Å². The molecule has 3 heterocycles. The molecule has 0 unspecified atom stereocenters. The summed E-state index contributed by atoms with van der Waals surface area (Å²) in [5.74, 6) is 0.958. The van der Waals surface area contributed by atoms with E-state index in [2.05, 4.69) is 63.4 Å². The number of para-hydroxylation sites is 1. The lowest BCUT2D eigenvalue weighted by Gasteiger charge is -2.31. The van der Waals surface area contributed by atoms with Gasteiger partial charge < -0.3 is 19.7 Å². The van der Waals surface area contributed by atoms with Crippen LogP contribution in [0, 0.1) is 13.8 Å². The molecule has 3 aromatic carbocycles. The van der Waals surface area contributed by atoms with Gasteiger partial charge in [-0.25, -0.2) is 9.48 Å². The van der Waals surface area contributed by atoms with Gasteiger partial charge in [0.15, 0.2) is 0 Å². The lowest BCUT2D eigenvalue weighted by atomic mass is 10.0. The number of rotatable bonds is 4. The third kappa shape index (κ3) is 4.46. The molecule has 196 valence electrons. The molecule has 1 aliphatic heterocycles. The predicted octanol–water partition coefficient (Wildman–Crippen LogP) is 6.48. The number of benzene rings is 3. The molecule has 7 nitrogen and oxygen atoms in total. The molecule has 1 aliphatic rings. The molecule has 0 bridgehead atoms. The van der Waals surface area contributed by atoms with Gasteiger partial charge in [0.25, 0.3) is 0 Å². The molecular weight excluding hydrogens is 484 g/mol. The first-order chi connectivity index (χ1) is 18.9. The van der Waals surface area contributed by atoms with E-state index in [1.807, 2.05) is 86.1 Å². The van der Waals surface area contributed by atoms with E-state index in [1.54, 1.807) is 0 Å². The van der Waals surface area contributed by atoms with Gasteiger partial charge in [0.1, 0.15) is 5.82 Å². The van der Waals surface area contributed by atoms with Crippen molar-refractivity contribution in [1.29, 1.82) is 0 Å². The number of carbonyl (C=O) groups excluding carboxylic acids is 1. The first kappa shape index (κ1) is 24.6. The zero-order chi connectivity index (χ0) is 27.1. The summed E-state index contributed by atoms with van der Waals surface area (Å²) in [5, 5.41) is 8.08. The molecule has 0 aliphatic carbocycles. The summed E-state index contributed by atoms with van der Waals surface area (Å²) in [5.41, 5.74) is 7.96. The quantitative estimate of drug-likeness (QED) is 0.297. The Bertz CT molecular complexity index is 1610. The number of aromatic nitrogens is 3. The fourth-order valence-corrected chi connectivity index (χ4v) is 5.29. The minimum Gasteiger partial charge on any atom is -0.378 e. The van der Waals surface area contributed by atoms with Crippen molar-refractivity contribution in [3.63, 3.8) is 0 Å². The van der Waals surface area contributed by atoms with E-state index in [4.69, 9.17) is 5.10 Å². The average Bonchev–Trinajstić information content (AvgIpc) is 3.51. The smallest absolute Gasteiger partial charge is 0.322 e. The first-order valence-electron chi connectivity index (χ1n) is 13.1. The molecular formula is C32H32N6O. The molecule has 0 saturated heterocycles. The molecule has 0 saturated carbocycles. The molecule has 0 radical (unpaired) electrons. The van der Waals surface area contributed by atoms with Crippen LogP contribution in [0.4, 0.5) is 16.2 Å². The minimum atomic E-state index is -0.308. The van der Waals surface area contributed by atoms with Gasteiger partial charge >= 0.3 is 6.03 Å². The maximum atomic E-state index is 14.1. The van der Waals surface area contributed by atoms with Crippen molar-refractivity contribution in [2.45, 2.75) is 26.4 Å². The number of hydrogen-bond acceptors (Lipinski definition) is 3. The highest BCUT2D eigenvalue weighted by atomic mass is 16.2. The van der Waals surface area contributed by atoms with E-state index >= 15 is 0 Å². The molecule has 1 atom stereocenters. The Hall–Kier alpha value is -4.78. The number of amides is 2. The maximum absolute atomic E-state index is 14.1. The van der Waals surface area contributed by atoms with Gasteiger partial charge in [-0.3, -0.25) is 0 Å². The van der Waals surface area contributed by atoms with E-state index in [9.17, 15) is 4.79 Å². The highest BCUT2D eigenvalue weighted by Gasteiger charge is 2.36. The second-order valence-electron chi connectivity index (χ2n) is 10.3. The van der Waals surface area contributed by atoms with Crippen LogP contribution in [0.2, 0.25) is 0 Å². The van der Waals surface area contributed by atoms with Crippen LogP contribution in [0.3, 0.4) is 0 Å². The zero-order valence-electron chi connectivity index (χ0n) is 22.7. The minimum absolute atomic E-state index is 0.159. The largest absolute Gasteiger partial charge is 0.378 e. The monoisotopic (exact) mass is 516 g/mol. The molecule has 1 N–H and O–H groups in total. The third-order valence-electron chi connectivity index (χ3n) is 7.38. The SMILES string of the molecule is Cc1ccc(NC(=O)N2Cc3c(C)nn(-c4ccccc4)c3-n3cccc3[C@H]2c2ccc(N(C)C)cc2)cc1. The third-order valence-corrected chi connectivity index (χ3v) is 7.38. The van der Waals surface area contributed by atoms with Crippen molar-refractivity contribution in [1.82, 2.24) is 19.2 Å². The fourth-order valence-electron chi connectivity index (χ4n) is 5.29. The van der Waals surface area contributed by atoms with Crippen molar-refractivity contribution in [3.8, 4) is 11.5 Å². The summed E-state index contributed by atoms with van der Waals surface area (Å²) in [6.07, 6.45) is 2.07. The highest BCUT2D eigenvalue weighted by Crippen LogP contribution is 2.39. The number of aryl methyl sites for hydroxylation is 2. The van der Waals surface area contributed by atoms with Crippen LogP contribution in [0.15, 0.2) is 97.2 Å². The summed E-state index contributed by atoms with van der Waals surface area (Å²) in [4.78, 5) is 18.1.